The second kappa shape index (κ2) is 5.35. The first-order valence-corrected chi connectivity index (χ1v) is 8.52. The Morgan fingerprint density at radius 2 is 2.30 bits per heavy atom. The fraction of sp³-hybridized carbons (Fsp3) is 0.571. The van der Waals surface area contributed by atoms with E-state index in [1.165, 1.54) is 0 Å². The van der Waals surface area contributed by atoms with E-state index in [4.69, 9.17) is 4.74 Å². The molecule has 5 nitrogen and oxygen atoms in total. The molecule has 1 saturated heterocycles. The molecule has 2 N–H and O–H groups in total. The van der Waals surface area contributed by atoms with E-state index < -0.39 is 10.0 Å². The summed E-state index contributed by atoms with van der Waals surface area (Å²) in [6, 6.07) is 5.28. The van der Waals surface area contributed by atoms with Crippen LogP contribution in [-0.2, 0) is 21.2 Å². The highest BCUT2D eigenvalue weighted by molar-refractivity contribution is 7.89. The van der Waals surface area contributed by atoms with Crippen LogP contribution in [0.25, 0.3) is 0 Å². The molecule has 1 fully saturated rings. The number of sulfonamides is 1. The van der Waals surface area contributed by atoms with Gasteiger partial charge in [0.25, 0.3) is 0 Å². The van der Waals surface area contributed by atoms with Crippen molar-refractivity contribution in [1.29, 1.82) is 0 Å². The highest BCUT2D eigenvalue weighted by Crippen LogP contribution is 2.25. The normalized spacial score (nSPS) is 25.4. The van der Waals surface area contributed by atoms with Crippen molar-refractivity contribution < 1.29 is 13.2 Å². The molecule has 1 aromatic carbocycles. The molecule has 2 atom stereocenters. The van der Waals surface area contributed by atoms with Gasteiger partial charge in [-0.3, -0.25) is 0 Å². The summed E-state index contributed by atoms with van der Waals surface area (Å²) >= 11 is 0. The lowest BCUT2D eigenvalue weighted by molar-refractivity contribution is 0.107. The molecule has 0 aromatic heterocycles. The molecule has 20 heavy (non-hydrogen) atoms. The van der Waals surface area contributed by atoms with Crippen molar-refractivity contribution in [2.45, 2.75) is 30.8 Å². The summed E-state index contributed by atoms with van der Waals surface area (Å²) in [4.78, 5) is 0.353. The predicted octanol–water partition coefficient (Wildman–Crippen LogP) is 1.36. The topological polar surface area (TPSA) is 67.4 Å². The van der Waals surface area contributed by atoms with E-state index in [0.29, 0.717) is 11.4 Å². The van der Waals surface area contributed by atoms with Gasteiger partial charge < -0.3 is 10.1 Å². The van der Waals surface area contributed by atoms with E-state index in [1.54, 1.807) is 12.1 Å². The van der Waals surface area contributed by atoms with Crippen molar-refractivity contribution in [2.24, 2.45) is 5.92 Å². The lowest BCUT2D eigenvalue weighted by Crippen LogP contribution is -2.32. The van der Waals surface area contributed by atoms with Gasteiger partial charge in [0.2, 0.25) is 10.0 Å². The minimum Gasteiger partial charge on any atom is -0.384 e. The number of anilines is 1. The lowest BCUT2D eigenvalue weighted by atomic mass is 10.0. The molecule has 2 unspecified atom stereocenters. The van der Waals surface area contributed by atoms with Gasteiger partial charge in [-0.2, -0.15) is 0 Å². The van der Waals surface area contributed by atoms with Crippen LogP contribution in [0.15, 0.2) is 23.1 Å². The molecular formula is C14H20N2O3S. The van der Waals surface area contributed by atoms with Crippen molar-refractivity contribution in [2.75, 3.05) is 25.0 Å². The van der Waals surface area contributed by atoms with Crippen molar-refractivity contribution in [1.82, 2.24) is 4.72 Å². The van der Waals surface area contributed by atoms with Crippen molar-refractivity contribution in [3.05, 3.63) is 23.8 Å². The van der Waals surface area contributed by atoms with Crippen LogP contribution >= 0.6 is 0 Å². The van der Waals surface area contributed by atoms with Crippen LogP contribution in [0.2, 0.25) is 0 Å². The van der Waals surface area contributed by atoms with Crippen LogP contribution in [0.1, 0.15) is 18.9 Å². The molecule has 3 rings (SSSR count). The molecule has 1 aromatic rings. The fourth-order valence-electron chi connectivity index (χ4n) is 2.79. The van der Waals surface area contributed by atoms with Crippen molar-refractivity contribution in [3.63, 3.8) is 0 Å². The average molecular weight is 296 g/mol. The van der Waals surface area contributed by atoms with Crippen LogP contribution in [0.3, 0.4) is 0 Å². The van der Waals surface area contributed by atoms with E-state index in [9.17, 15) is 8.42 Å². The maximum atomic E-state index is 12.3. The SMILES string of the molecule is CC1OCCC1CNS(=O)(=O)c1ccc2c(c1)CCN2. The Bertz CT molecular complexity index is 600. The smallest absolute Gasteiger partial charge is 0.240 e. The van der Waals surface area contributed by atoms with Gasteiger partial charge in [0.1, 0.15) is 0 Å². The van der Waals surface area contributed by atoms with Gasteiger partial charge in [-0.1, -0.05) is 0 Å². The second-order valence-electron chi connectivity index (χ2n) is 5.47. The van der Waals surface area contributed by atoms with Crippen LogP contribution in [0.5, 0.6) is 0 Å². The highest BCUT2D eigenvalue weighted by Gasteiger charge is 2.26. The molecular weight excluding hydrogens is 276 g/mol. The Hall–Kier alpha value is -1.11. The molecule has 0 radical (unpaired) electrons. The maximum Gasteiger partial charge on any atom is 0.240 e. The minimum absolute atomic E-state index is 0.127. The zero-order chi connectivity index (χ0) is 14.2. The Balaban J connectivity index is 1.71. The Morgan fingerprint density at radius 1 is 1.45 bits per heavy atom. The quantitative estimate of drug-likeness (QED) is 0.880. The molecule has 2 heterocycles. The van der Waals surface area contributed by atoms with Crippen LogP contribution in [0.4, 0.5) is 5.69 Å². The first-order chi connectivity index (χ1) is 9.56. The third-order valence-corrected chi connectivity index (χ3v) is 5.59. The van der Waals surface area contributed by atoms with Gasteiger partial charge in [0.15, 0.2) is 0 Å². The van der Waals surface area contributed by atoms with Gasteiger partial charge >= 0.3 is 0 Å². The Morgan fingerprint density at radius 3 is 3.05 bits per heavy atom. The lowest BCUT2D eigenvalue weighted by Gasteiger charge is -2.15. The standard InChI is InChI=1S/C14H20N2O3S/c1-10-12(5-7-19-10)9-16-20(17,18)13-2-3-14-11(8-13)4-6-15-14/h2-3,8,10,12,15-16H,4-7,9H2,1H3. The summed E-state index contributed by atoms with van der Waals surface area (Å²) in [6.07, 6.45) is 1.92. The van der Waals surface area contributed by atoms with Gasteiger partial charge in [0, 0.05) is 31.3 Å². The van der Waals surface area contributed by atoms with E-state index in [-0.39, 0.29) is 12.0 Å². The molecule has 0 bridgehead atoms. The van der Waals surface area contributed by atoms with Crippen LogP contribution in [0, 0.1) is 5.92 Å². The summed E-state index contributed by atoms with van der Waals surface area (Å²) in [5, 5.41) is 3.23. The number of fused-ring (bicyclic) bond motifs is 1. The Labute approximate surface area is 119 Å². The largest absolute Gasteiger partial charge is 0.384 e. The summed E-state index contributed by atoms with van der Waals surface area (Å²) in [5.74, 6) is 0.265. The summed E-state index contributed by atoms with van der Waals surface area (Å²) in [6.45, 7) is 4.03. The van der Waals surface area contributed by atoms with Gasteiger partial charge in [-0.15, -0.1) is 0 Å². The van der Waals surface area contributed by atoms with E-state index >= 15 is 0 Å². The molecule has 2 aliphatic rings. The highest BCUT2D eigenvalue weighted by atomic mass is 32.2. The number of benzene rings is 1. The number of ether oxygens (including phenoxy) is 1. The van der Waals surface area contributed by atoms with E-state index in [2.05, 4.69) is 10.0 Å². The molecule has 6 heteroatoms. The molecule has 110 valence electrons. The molecule has 0 spiro atoms. The van der Waals surface area contributed by atoms with Gasteiger partial charge in [-0.05, 0) is 43.5 Å². The molecule has 0 aliphatic carbocycles. The van der Waals surface area contributed by atoms with Gasteiger partial charge in [-0.25, -0.2) is 13.1 Å². The van der Waals surface area contributed by atoms with E-state index in [1.807, 2.05) is 13.0 Å². The Kier molecular flexibility index (Phi) is 3.70. The fourth-order valence-corrected chi connectivity index (χ4v) is 3.94. The third-order valence-electron chi connectivity index (χ3n) is 4.17. The number of hydrogen-bond acceptors (Lipinski definition) is 4. The predicted molar refractivity (Wildman–Crippen MR) is 77.3 cm³/mol. The van der Waals surface area contributed by atoms with Crippen LogP contribution < -0.4 is 10.0 Å². The molecule has 0 saturated carbocycles. The number of rotatable bonds is 4. The minimum atomic E-state index is -3.43. The monoisotopic (exact) mass is 296 g/mol. The number of hydrogen-bond donors (Lipinski definition) is 2. The summed E-state index contributed by atoms with van der Waals surface area (Å²) in [5.41, 5.74) is 2.12. The first-order valence-electron chi connectivity index (χ1n) is 7.04. The summed E-state index contributed by atoms with van der Waals surface area (Å²) < 4.78 is 32.8. The second-order valence-corrected chi connectivity index (χ2v) is 7.24. The van der Waals surface area contributed by atoms with Gasteiger partial charge in [0.05, 0.1) is 11.0 Å². The van der Waals surface area contributed by atoms with Crippen molar-refractivity contribution >= 4 is 15.7 Å². The number of nitrogens with one attached hydrogen (secondary N) is 2. The first kappa shape index (κ1) is 13.9. The van der Waals surface area contributed by atoms with Crippen LogP contribution in [-0.4, -0.2) is 34.2 Å². The molecule has 2 aliphatic heterocycles. The molecule has 0 amide bonds. The van der Waals surface area contributed by atoms with E-state index in [0.717, 1.165) is 37.2 Å². The average Bonchev–Trinajstić information content (AvgIpc) is 3.04. The summed E-state index contributed by atoms with van der Waals surface area (Å²) in [7, 11) is -3.43. The van der Waals surface area contributed by atoms with Crippen molar-refractivity contribution in [3.8, 4) is 0 Å². The third kappa shape index (κ3) is 2.68. The zero-order valence-electron chi connectivity index (χ0n) is 11.6. The maximum absolute atomic E-state index is 12.3. The zero-order valence-corrected chi connectivity index (χ0v) is 12.4.